The first-order valence-corrected chi connectivity index (χ1v) is 11.6. The van der Waals surface area contributed by atoms with Crippen LogP contribution in [0.1, 0.15) is 30.7 Å². The highest BCUT2D eigenvalue weighted by Crippen LogP contribution is 2.39. The molecule has 1 aromatic carbocycles. The van der Waals surface area contributed by atoms with Crippen LogP contribution in [-0.2, 0) is 11.3 Å². The molecule has 5 rings (SSSR count). The summed E-state index contributed by atoms with van der Waals surface area (Å²) in [6.07, 6.45) is 8.15. The Balaban J connectivity index is 1.49. The molecule has 1 aliphatic rings. The first-order chi connectivity index (χ1) is 15.0. The average molecular weight is 457 g/mol. The molecular formula is C22H25ClN6OS. The molecule has 2 atom stereocenters. The van der Waals surface area contributed by atoms with Gasteiger partial charge in [0.25, 0.3) is 0 Å². The zero-order valence-corrected chi connectivity index (χ0v) is 19.1. The summed E-state index contributed by atoms with van der Waals surface area (Å²) >= 11 is 8.35. The molecule has 0 saturated heterocycles. The normalized spacial score (nSPS) is 19.4. The number of fused-ring (bicyclic) bond motifs is 2. The van der Waals surface area contributed by atoms with E-state index in [4.69, 9.17) is 32.0 Å². The Kier molecular flexibility index (Phi) is 5.56. The largest absolute Gasteiger partial charge is 0.378 e. The Bertz CT molecular complexity index is 1240. The lowest BCUT2D eigenvalue weighted by molar-refractivity contribution is 0.185. The van der Waals surface area contributed by atoms with E-state index in [0.29, 0.717) is 17.7 Å². The average Bonchev–Trinajstić information content (AvgIpc) is 3.38. The lowest BCUT2D eigenvalue weighted by Crippen LogP contribution is -2.41. The van der Waals surface area contributed by atoms with Crippen molar-refractivity contribution in [2.75, 3.05) is 19.1 Å². The Morgan fingerprint density at radius 3 is 2.97 bits per heavy atom. The minimum atomic E-state index is 0.267. The van der Waals surface area contributed by atoms with Crippen LogP contribution in [0.5, 0.6) is 0 Å². The number of aromatic nitrogens is 4. The molecule has 0 unspecified atom stereocenters. The van der Waals surface area contributed by atoms with Crippen LogP contribution in [0.4, 0.5) is 5.82 Å². The highest BCUT2D eigenvalue weighted by molar-refractivity contribution is 7.19. The number of halogens is 1. The van der Waals surface area contributed by atoms with Gasteiger partial charge in [0, 0.05) is 43.6 Å². The van der Waals surface area contributed by atoms with Gasteiger partial charge < -0.3 is 20.4 Å². The summed E-state index contributed by atoms with van der Waals surface area (Å²) in [5.41, 5.74) is 10.5. The third kappa shape index (κ3) is 3.78. The van der Waals surface area contributed by atoms with Gasteiger partial charge in [0.1, 0.15) is 16.3 Å². The molecule has 3 N–H and O–H groups in total. The zero-order valence-electron chi connectivity index (χ0n) is 17.6. The van der Waals surface area contributed by atoms with Crippen LogP contribution >= 0.6 is 22.9 Å². The van der Waals surface area contributed by atoms with Crippen molar-refractivity contribution in [1.82, 2.24) is 19.9 Å². The van der Waals surface area contributed by atoms with Crippen molar-refractivity contribution in [3.05, 3.63) is 34.6 Å². The molecule has 0 spiro atoms. The predicted molar refractivity (Wildman–Crippen MR) is 127 cm³/mol. The molecular weight excluding hydrogens is 432 g/mol. The number of anilines is 1. The van der Waals surface area contributed by atoms with Crippen LogP contribution in [0.25, 0.3) is 32.5 Å². The SMILES string of the molecule is COCc1nc2ccc(-c3c[nH]c4nc(N(C)[C@@H]5CCC[C@@H](N)C5)cnc34)c(Cl)c2s1. The van der Waals surface area contributed by atoms with E-state index in [1.165, 1.54) is 0 Å². The van der Waals surface area contributed by atoms with Crippen LogP contribution in [0.3, 0.4) is 0 Å². The summed E-state index contributed by atoms with van der Waals surface area (Å²) in [6.45, 7) is 0.478. The molecule has 3 aromatic heterocycles. The fourth-order valence-corrected chi connectivity index (χ4v) is 5.75. The van der Waals surface area contributed by atoms with E-state index in [9.17, 15) is 0 Å². The molecule has 162 valence electrons. The molecule has 9 heteroatoms. The molecule has 3 heterocycles. The third-order valence-electron chi connectivity index (χ3n) is 6.06. The minimum Gasteiger partial charge on any atom is -0.378 e. The Hall–Kier alpha value is -2.26. The zero-order chi connectivity index (χ0) is 21.5. The molecule has 1 aliphatic carbocycles. The smallest absolute Gasteiger partial charge is 0.159 e. The number of aromatic amines is 1. The summed E-state index contributed by atoms with van der Waals surface area (Å²) in [4.78, 5) is 19.7. The standard InChI is InChI=1S/C22H25ClN6OS/c1-29(13-5-3-4-12(24)8-13)17-10-25-20-15(9-26-22(20)28-17)14-6-7-16-21(19(14)23)31-18(27-16)11-30-2/h6-7,9-10,12-13H,3-5,8,11,24H2,1-2H3,(H,26,28)/t12-,13-/m1/s1. The number of nitrogens with zero attached hydrogens (tertiary/aromatic N) is 4. The molecule has 1 saturated carbocycles. The molecule has 1 fully saturated rings. The maximum absolute atomic E-state index is 6.79. The van der Waals surface area contributed by atoms with Crippen LogP contribution in [0.2, 0.25) is 5.02 Å². The summed E-state index contributed by atoms with van der Waals surface area (Å²) in [5, 5.41) is 1.59. The van der Waals surface area contributed by atoms with Crippen molar-refractivity contribution in [3.63, 3.8) is 0 Å². The van der Waals surface area contributed by atoms with Gasteiger partial charge in [0.15, 0.2) is 5.65 Å². The first kappa shape index (κ1) is 20.6. The van der Waals surface area contributed by atoms with Gasteiger partial charge in [0.05, 0.1) is 28.0 Å². The predicted octanol–water partition coefficient (Wildman–Crippen LogP) is 4.74. The number of methoxy groups -OCH3 is 1. The van der Waals surface area contributed by atoms with Crippen molar-refractivity contribution in [2.24, 2.45) is 5.73 Å². The fourth-order valence-electron chi connectivity index (χ4n) is 4.40. The van der Waals surface area contributed by atoms with Crippen LogP contribution < -0.4 is 10.6 Å². The van der Waals surface area contributed by atoms with E-state index >= 15 is 0 Å². The van der Waals surface area contributed by atoms with Gasteiger partial charge in [0.2, 0.25) is 0 Å². The van der Waals surface area contributed by atoms with E-state index in [1.54, 1.807) is 18.4 Å². The molecule has 0 aliphatic heterocycles. The lowest BCUT2D eigenvalue weighted by Gasteiger charge is -2.34. The quantitative estimate of drug-likeness (QED) is 0.450. The lowest BCUT2D eigenvalue weighted by atomic mass is 9.91. The summed E-state index contributed by atoms with van der Waals surface area (Å²) < 4.78 is 6.17. The number of hydrogen-bond acceptors (Lipinski definition) is 7. The summed E-state index contributed by atoms with van der Waals surface area (Å²) in [7, 11) is 3.74. The van der Waals surface area contributed by atoms with Crippen molar-refractivity contribution < 1.29 is 4.74 Å². The maximum Gasteiger partial charge on any atom is 0.159 e. The van der Waals surface area contributed by atoms with E-state index < -0.39 is 0 Å². The van der Waals surface area contributed by atoms with Crippen molar-refractivity contribution in [2.45, 2.75) is 44.4 Å². The topological polar surface area (TPSA) is 93.0 Å². The first-order valence-electron chi connectivity index (χ1n) is 10.4. The number of nitrogens with two attached hydrogens (primary N) is 1. The van der Waals surface area contributed by atoms with Crippen LogP contribution in [0.15, 0.2) is 24.5 Å². The van der Waals surface area contributed by atoms with E-state index in [1.807, 2.05) is 24.5 Å². The number of benzene rings is 1. The summed E-state index contributed by atoms with van der Waals surface area (Å²) in [6, 6.07) is 4.65. The second-order valence-electron chi connectivity index (χ2n) is 8.14. The van der Waals surface area contributed by atoms with Crippen molar-refractivity contribution in [3.8, 4) is 11.1 Å². The maximum atomic E-state index is 6.79. The monoisotopic (exact) mass is 456 g/mol. The van der Waals surface area contributed by atoms with Gasteiger partial charge >= 0.3 is 0 Å². The molecule has 0 amide bonds. The molecule has 7 nitrogen and oxygen atoms in total. The molecule has 0 bridgehead atoms. The number of thiazole rings is 1. The van der Waals surface area contributed by atoms with Crippen LogP contribution in [-0.4, -0.2) is 46.2 Å². The van der Waals surface area contributed by atoms with Crippen molar-refractivity contribution >= 4 is 50.1 Å². The molecule has 0 radical (unpaired) electrons. The minimum absolute atomic E-state index is 0.267. The Labute approximate surface area is 189 Å². The number of nitrogens with one attached hydrogen (secondary N) is 1. The van der Waals surface area contributed by atoms with Gasteiger partial charge in [-0.15, -0.1) is 11.3 Å². The van der Waals surface area contributed by atoms with E-state index in [0.717, 1.165) is 69.0 Å². The number of rotatable bonds is 5. The number of H-pyrrole nitrogens is 1. The molecule has 4 aromatic rings. The van der Waals surface area contributed by atoms with Gasteiger partial charge in [-0.2, -0.15) is 0 Å². The number of hydrogen-bond donors (Lipinski definition) is 2. The van der Waals surface area contributed by atoms with E-state index in [2.05, 4.69) is 21.9 Å². The third-order valence-corrected chi connectivity index (χ3v) is 7.63. The second-order valence-corrected chi connectivity index (χ2v) is 9.60. The Morgan fingerprint density at radius 2 is 2.16 bits per heavy atom. The van der Waals surface area contributed by atoms with Gasteiger partial charge in [-0.3, -0.25) is 0 Å². The second kappa shape index (κ2) is 8.35. The highest BCUT2D eigenvalue weighted by atomic mass is 35.5. The fraction of sp³-hybridized carbons (Fsp3) is 0.409. The molecule has 31 heavy (non-hydrogen) atoms. The Morgan fingerprint density at radius 1 is 1.29 bits per heavy atom. The van der Waals surface area contributed by atoms with Gasteiger partial charge in [-0.05, 0) is 31.7 Å². The van der Waals surface area contributed by atoms with Gasteiger partial charge in [-0.25, -0.2) is 15.0 Å². The highest BCUT2D eigenvalue weighted by Gasteiger charge is 2.24. The summed E-state index contributed by atoms with van der Waals surface area (Å²) in [5.74, 6) is 0.855. The van der Waals surface area contributed by atoms with Crippen LogP contribution in [0, 0.1) is 0 Å². The van der Waals surface area contributed by atoms with Gasteiger partial charge in [-0.1, -0.05) is 17.7 Å². The van der Waals surface area contributed by atoms with Crippen molar-refractivity contribution in [1.29, 1.82) is 0 Å². The van der Waals surface area contributed by atoms with E-state index in [-0.39, 0.29) is 6.04 Å². The number of ether oxygens (including phenoxy) is 1.